The summed E-state index contributed by atoms with van der Waals surface area (Å²) < 4.78 is 13.1. The maximum atomic E-state index is 13.1. The highest BCUT2D eigenvalue weighted by atomic mass is 19.1. The first kappa shape index (κ1) is 12.3. The van der Waals surface area contributed by atoms with Crippen LogP contribution in [0.3, 0.4) is 0 Å². The highest BCUT2D eigenvalue weighted by Gasteiger charge is 2.08. The minimum absolute atomic E-state index is 0.127. The van der Waals surface area contributed by atoms with Crippen molar-refractivity contribution in [3.05, 3.63) is 60.0 Å². The quantitative estimate of drug-likeness (QED) is 0.768. The lowest BCUT2D eigenvalue weighted by Crippen LogP contribution is -2.14. The molecule has 1 amide bonds. The monoisotopic (exact) mass is 269 g/mol. The predicted molar refractivity (Wildman–Crippen MR) is 74.8 cm³/mol. The Morgan fingerprint density at radius 1 is 1.25 bits per heavy atom. The summed E-state index contributed by atoms with van der Waals surface area (Å²) in [5.74, 6) is -0.538. The van der Waals surface area contributed by atoms with Crippen LogP contribution in [0.2, 0.25) is 0 Å². The Kier molecular flexibility index (Phi) is 3.16. The van der Waals surface area contributed by atoms with Gasteiger partial charge in [0.05, 0.1) is 23.8 Å². The van der Waals surface area contributed by atoms with Crippen LogP contribution in [0.25, 0.3) is 10.9 Å². The smallest absolute Gasteiger partial charge is 0.228 e. The number of halogens is 1. The number of carbonyl (C=O) groups is 1. The Balaban J connectivity index is 1.77. The molecule has 0 saturated carbocycles. The molecule has 2 aromatic carbocycles. The molecule has 4 nitrogen and oxygen atoms in total. The molecule has 1 heterocycles. The lowest BCUT2D eigenvalue weighted by molar-refractivity contribution is -0.115. The fraction of sp³-hybridized carbons (Fsp3) is 0.0667. The minimum Gasteiger partial charge on any atom is -0.324 e. The van der Waals surface area contributed by atoms with Crippen LogP contribution in [0.5, 0.6) is 0 Å². The highest BCUT2D eigenvalue weighted by Crippen LogP contribution is 2.20. The first-order valence-electron chi connectivity index (χ1n) is 6.19. The van der Waals surface area contributed by atoms with Gasteiger partial charge < -0.3 is 5.32 Å². The van der Waals surface area contributed by atoms with Gasteiger partial charge in [-0.15, -0.1) is 0 Å². The summed E-state index contributed by atoms with van der Waals surface area (Å²) in [6.45, 7) is 0. The van der Waals surface area contributed by atoms with Crippen LogP contribution in [0, 0.1) is 5.82 Å². The van der Waals surface area contributed by atoms with Gasteiger partial charge in [-0.1, -0.05) is 24.3 Å². The number of fused-ring (bicyclic) bond motifs is 1. The van der Waals surface area contributed by atoms with Crippen molar-refractivity contribution in [1.29, 1.82) is 0 Å². The van der Waals surface area contributed by atoms with E-state index < -0.39 is 0 Å². The summed E-state index contributed by atoms with van der Waals surface area (Å²) in [6, 6.07) is 11.6. The van der Waals surface area contributed by atoms with Crippen molar-refractivity contribution in [3.8, 4) is 0 Å². The predicted octanol–water partition coefficient (Wildman–Crippen LogP) is 2.88. The maximum absolute atomic E-state index is 13.1. The van der Waals surface area contributed by atoms with Crippen LogP contribution >= 0.6 is 0 Å². The molecule has 3 aromatic rings. The molecular formula is C15H12FN3O. The summed E-state index contributed by atoms with van der Waals surface area (Å²) in [7, 11) is 0. The van der Waals surface area contributed by atoms with Crippen molar-refractivity contribution in [3.63, 3.8) is 0 Å². The molecule has 5 heteroatoms. The zero-order valence-electron chi connectivity index (χ0n) is 10.6. The van der Waals surface area contributed by atoms with E-state index in [1.54, 1.807) is 24.4 Å². The number of aromatic nitrogens is 2. The Bertz CT molecular complexity index is 766. The van der Waals surface area contributed by atoms with Gasteiger partial charge >= 0.3 is 0 Å². The molecule has 0 aliphatic heterocycles. The third-order valence-corrected chi connectivity index (χ3v) is 3.00. The number of carbonyl (C=O) groups excluding carboxylic acids is 1. The molecule has 0 fully saturated rings. The summed E-state index contributed by atoms with van der Waals surface area (Å²) in [4.78, 5) is 12.0. The third-order valence-electron chi connectivity index (χ3n) is 3.00. The third kappa shape index (κ3) is 2.51. The molecule has 0 radical (unpaired) electrons. The number of nitrogens with one attached hydrogen (secondary N) is 2. The molecule has 1 aromatic heterocycles. The number of benzene rings is 2. The SMILES string of the molecule is O=C(Cc1cccc(F)c1)Nc1cccc2cn[nH]c12. The van der Waals surface area contributed by atoms with E-state index in [4.69, 9.17) is 0 Å². The normalized spacial score (nSPS) is 10.7. The largest absolute Gasteiger partial charge is 0.324 e. The van der Waals surface area contributed by atoms with Crippen molar-refractivity contribution >= 4 is 22.5 Å². The van der Waals surface area contributed by atoms with Gasteiger partial charge in [-0.05, 0) is 23.8 Å². The summed E-state index contributed by atoms with van der Waals surface area (Å²) >= 11 is 0. The Labute approximate surface area is 114 Å². The van der Waals surface area contributed by atoms with E-state index in [9.17, 15) is 9.18 Å². The van der Waals surface area contributed by atoms with Crippen LogP contribution in [-0.4, -0.2) is 16.1 Å². The van der Waals surface area contributed by atoms with E-state index >= 15 is 0 Å². The fourth-order valence-electron chi connectivity index (χ4n) is 2.10. The van der Waals surface area contributed by atoms with Crippen LogP contribution < -0.4 is 5.32 Å². The zero-order valence-corrected chi connectivity index (χ0v) is 10.6. The van der Waals surface area contributed by atoms with Gasteiger partial charge in [-0.25, -0.2) is 4.39 Å². The standard InChI is InChI=1S/C15H12FN3O/c16-12-5-1-3-10(7-12)8-14(20)18-13-6-2-4-11-9-17-19-15(11)13/h1-7,9H,8H2,(H,17,19)(H,18,20). The molecule has 0 saturated heterocycles. The second-order valence-electron chi connectivity index (χ2n) is 4.49. The topological polar surface area (TPSA) is 57.8 Å². The van der Waals surface area contributed by atoms with E-state index in [-0.39, 0.29) is 18.1 Å². The molecular weight excluding hydrogens is 257 g/mol. The molecule has 20 heavy (non-hydrogen) atoms. The van der Waals surface area contributed by atoms with E-state index in [0.717, 1.165) is 10.9 Å². The Morgan fingerprint density at radius 3 is 2.95 bits per heavy atom. The molecule has 100 valence electrons. The first-order chi connectivity index (χ1) is 9.72. The average Bonchev–Trinajstić information content (AvgIpc) is 2.88. The zero-order chi connectivity index (χ0) is 13.9. The summed E-state index contributed by atoms with van der Waals surface area (Å²) in [5, 5.41) is 10.5. The molecule has 0 aliphatic carbocycles. The van der Waals surface area contributed by atoms with Crippen LogP contribution in [0.15, 0.2) is 48.7 Å². The molecule has 0 unspecified atom stereocenters. The fourth-order valence-corrected chi connectivity index (χ4v) is 2.10. The van der Waals surface area contributed by atoms with Crippen molar-refractivity contribution < 1.29 is 9.18 Å². The Hall–Kier alpha value is -2.69. The number of hydrogen-bond acceptors (Lipinski definition) is 2. The number of para-hydroxylation sites is 1. The lowest BCUT2D eigenvalue weighted by atomic mass is 10.1. The number of aromatic amines is 1. The van der Waals surface area contributed by atoms with Crippen LogP contribution in [0.1, 0.15) is 5.56 Å². The molecule has 0 atom stereocenters. The van der Waals surface area contributed by atoms with Crippen molar-refractivity contribution in [1.82, 2.24) is 10.2 Å². The number of H-pyrrole nitrogens is 1. The number of nitrogens with zero attached hydrogens (tertiary/aromatic N) is 1. The number of rotatable bonds is 3. The first-order valence-corrected chi connectivity index (χ1v) is 6.19. The van der Waals surface area contributed by atoms with Gasteiger partial charge in [0.1, 0.15) is 5.82 Å². The van der Waals surface area contributed by atoms with E-state index in [0.29, 0.717) is 11.3 Å². The molecule has 2 N–H and O–H groups in total. The molecule has 3 rings (SSSR count). The lowest BCUT2D eigenvalue weighted by Gasteiger charge is -2.06. The van der Waals surface area contributed by atoms with Gasteiger partial charge in [-0.2, -0.15) is 5.10 Å². The second kappa shape index (κ2) is 5.13. The van der Waals surface area contributed by atoms with Crippen molar-refractivity contribution in [2.24, 2.45) is 0 Å². The molecule has 0 spiro atoms. The van der Waals surface area contributed by atoms with Crippen LogP contribution in [-0.2, 0) is 11.2 Å². The number of anilines is 1. The molecule has 0 aliphatic rings. The van der Waals surface area contributed by atoms with Crippen LogP contribution in [0.4, 0.5) is 10.1 Å². The van der Waals surface area contributed by atoms with Gasteiger partial charge in [0.25, 0.3) is 0 Å². The summed E-state index contributed by atoms with van der Waals surface area (Å²) in [5.41, 5.74) is 2.08. The van der Waals surface area contributed by atoms with Crippen molar-refractivity contribution in [2.45, 2.75) is 6.42 Å². The summed E-state index contributed by atoms with van der Waals surface area (Å²) in [6.07, 6.45) is 1.82. The Morgan fingerprint density at radius 2 is 2.10 bits per heavy atom. The van der Waals surface area contributed by atoms with E-state index in [1.807, 2.05) is 12.1 Å². The van der Waals surface area contributed by atoms with Gasteiger partial charge in [0.15, 0.2) is 0 Å². The van der Waals surface area contributed by atoms with Gasteiger partial charge in [-0.3, -0.25) is 9.89 Å². The van der Waals surface area contributed by atoms with Crippen molar-refractivity contribution in [2.75, 3.05) is 5.32 Å². The van der Waals surface area contributed by atoms with E-state index in [2.05, 4.69) is 15.5 Å². The minimum atomic E-state index is -0.342. The molecule has 0 bridgehead atoms. The maximum Gasteiger partial charge on any atom is 0.228 e. The van der Waals surface area contributed by atoms with E-state index in [1.165, 1.54) is 12.1 Å². The second-order valence-corrected chi connectivity index (χ2v) is 4.49. The van der Waals surface area contributed by atoms with Gasteiger partial charge in [0.2, 0.25) is 5.91 Å². The highest BCUT2D eigenvalue weighted by molar-refractivity contribution is 6.00. The van der Waals surface area contributed by atoms with Gasteiger partial charge in [0, 0.05) is 5.39 Å². The average molecular weight is 269 g/mol. The number of amides is 1. The number of hydrogen-bond donors (Lipinski definition) is 2.